The van der Waals surface area contributed by atoms with Crippen molar-refractivity contribution in [3.63, 3.8) is 0 Å². The molecule has 0 fully saturated rings. The van der Waals surface area contributed by atoms with Gasteiger partial charge in [-0.3, -0.25) is 14.6 Å². The second-order valence-corrected chi connectivity index (χ2v) is 11.7. The van der Waals surface area contributed by atoms with Crippen LogP contribution in [0.15, 0.2) is 90.1 Å². The Morgan fingerprint density at radius 1 is 1.00 bits per heavy atom. The average Bonchev–Trinajstić information content (AvgIpc) is 3.05. The largest absolute Gasteiger partial charge is 0.495 e. The Balaban J connectivity index is 1.68. The molecule has 3 aromatic heterocycles. The van der Waals surface area contributed by atoms with Gasteiger partial charge in [0, 0.05) is 65.7 Å². The lowest BCUT2D eigenvalue weighted by atomic mass is 10.0. The number of likely N-dealkylation sites (N-methyl/N-ethyl adjacent to an activating group) is 1. The van der Waals surface area contributed by atoms with Gasteiger partial charge >= 0.3 is 0 Å². The van der Waals surface area contributed by atoms with Gasteiger partial charge in [-0.15, -0.1) is 0 Å². The Labute approximate surface area is 282 Å². The number of anilines is 3. The van der Waals surface area contributed by atoms with Gasteiger partial charge in [0.25, 0.3) is 5.56 Å². The Morgan fingerprint density at radius 3 is 2.36 bits per heavy atom. The zero-order chi connectivity index (χ0) is 33.7. The number of hydrogen-bond donors (Lipinski definition) is 2. The van der Waals surface area contributed by atoms with Gasteiger partial charge in [0.15, 0.2) is 0 Å². The lowest BCUT2D eigenvalue weighted by Crippen LogP contribution is -2.26. The minimum atomic E-state index is -0.507. The summed E-state index contributed by atoms with van der Waals surface area (Å²) in [5.74, 6) is 0.886. The maximum atomic E-state index is 14.6. The number of ether oxygens (including phenoxy) is 2. The van der Waals surface area contributed by atoms with Crippen LogP contribution in [-0.2, 0) is 4.79 Å². The van der Waals surface area contributed by atoms with Crippen molar-refractivity contribution >= 4 is 57.2 Å². The smallest absolute Gasteiger partial charge is 0.259 e. The van der Waals surface area contributed by atoms with Crippen LogP contribution in [-0.4, -0.2) is 60.2 Å². The molecule has 2 aromatic carbocycles. The molecule has 0 saturated heterocycles. The van der Waals surface area contributed by atoms with Crippen molar-refractivity contribution < 1.29 is 14.3 Å². The van der Waals surface area contributed by atoms with E-state index >= 15 is 0 Å². The molecule has 242 valence electrons. The van der Waals surface area contributed by atoms with Gasteiger partial charge in [-0.2, -0.15) is 0 Å². The highest BCUT2D eigenvalue weighted by Crippen LogP contribution is 2.45. The average molecular weight is 674 g/mol. The summed E-state index contributed by atoms with van der Waals surface area (Å²) in [6, 6.07) is 15.6. The molecule has 10 nitrogen and oxygen atoms in total. The molecule has 5 aromatic rings. The van der Waals surface area contributed by atoms with Crippen molar-refractivity contribution in [2.75, 3.05) is 45.5 Å². The van der Waals surface area contributed by atoms with Crippen LogP contribution in [0.25, 0.3) is 22.0 Å². The normalized spacial score (nSPS) is 12.0. The fourth-order valence-corrected chi connectivity index (χ4v) is 5.85. The van der Waals surface area contributed by atoms with Crippen molar-refractivity contribution in [2.45, 2.75) is 13.0 Å². The lowest BCUT2D eigenvalue weighted by molar-refractivity contribution is -0.111. The number of halogens is 2. The van der Waals surface area contributed by atoms with Crippen LogP contribution >= 0.6 is 23.2 Å². The molecular weight excluding hydrogens is 639 g/mol. The van der Waals surface area contributed by atoms with E-state index in [2.05, 4.69) is 20.6 Å². The third-order valence-electron chi connectivity index (χ3n) is 7.48. The van der Waals surface area contributed by atoms with E-state index in [4.69, 9.17) is 32.7 Å². The number of pyridine rings is 3. The van der Waals surface area contributed by atoms with Gasteiger partial charge in [0.2, 0.25) is 5.91 Å². The third-order valence-corrected chi connectivity index (χ3v) is 8.23. The van der Waals surface area contributed by atoms with E-state index in [9.17, 15) is 9.59 Å². The topological polar surface area (TPSA) is 111 Å². The van der Waals surface area contributed by atoms with E-state index in [1.807, 2.05) is 62.3 Å². The molecule has 0 aliphatic carbocycles. The SMILES string of the molecule is COc1cc(OC)c(Cl)c(-c2cc3cnc(Nc4ccncc4)cc3n(C(C)c3cccc(NC(=O)/C=C/CN(C)C)c3)c2=O)c1Cl. The predicted octanol–water partition coefficient (Wildman–Crippen LogP) is 7.19. The number of fused-ring (bicyclic) bond motifs is 1. The number of hydrogen-bond acceptors (Lipinski definition) is 8. The summed E-state index contributed by atoms with van der Waals surface area (Å²) in [4.78, 5) is 37.9. The van der Waals surface area contributed by atoms with Gasteiger partial charge in [-0.1, -0.05) is 41.4 Å². The fraction of sp³-hybridized carbons (Fsp3) is 0.200. The highest BCUT2D eigenvalue weighted by atomic mass is 35.5. The zero-order valence-electron chi connectivity index (χ0n) is 26.5. The van der Waals surface area contributed by atoms with Crippen molar-refractivity contribution in [3.05, 3.63) is 111 Å². The Hall–Kier alpha value is -4.90. The molecule has 1 amide bonds. The molecule has 2 N–H and O–H groups in total. The predicted molar refractivity (Wildman–Crippen MR) is 189 cm³/mol. The van der Waals surface area contributed by atoms with E-state index in [-0.39, 0.29) is 32.6 Å². The van der Waals surface area contributed by atoms with E-state index in [1.165, 1.54) is 20.3 Å². The van der Waals surface area contributed by atoms with Crippen LogP contribution in [0.2, 0.25) is 10.0 Å². The van der Waals surface area contributed by atoms with Gasteiger partial charge in [0.1, 0.15) is 17.3 Å². The molecular formula is C35H34Cl2N6O4. The number of nitrogens with zero attached hydrogens (tertiary/aromatic N) is 4. The van der Waals surface area contributed by atoms with Crippen LogP contribution in [0.1, 0.15) is 18.5 Å². The van der Waals surface area contributed by atoms with Gasteiger partial charge in [-0.05, 0) is 56.9 Å². The number of amides is 1. The molecule has 0 radical (unpaired) electrons. The molecule has 0 aliphatic heterocycles. The standard InChI is InChI=1S/C35H34Cl2N6O4/c1-21(22-8-6-9-25(16-22)41-31(44)10-7-15-42(2)3)43-27-18-30(40-24-11-13-38-14-12-24)39-20-23(27)17-26(35(43)45)32-33(36)28(46-4)19-29(47-5)34(32)37/h6-14,16-21H,15H2,1-5H3,(H,41,44)(H,38,39,40)/b10-7+. The van der Waals surface area contributed by atoms with E-state index in [0.29, 0.717) is 40.5 Å². The third kappa shape index (κ3) is 7.41. The molecule has 47 heavy (non-hydrogen) atoms. The van der Waals surface area contributed by atoms with Gasteiger partial charge in [0.05, 0.1) is 41.4 Å². The number of rotatable bonds is 11. The molecule has 0 aliphatic rings. The first-order chi connectivity index (χ1) is 22.6. The second kappa shape index (κ2) is 14.7. The Bertz CT molecular complexity index is 1990. The minimum absolute atomic E-state index is 0.171. The first-order valence-corrected chi connectivity index (χ1v) is 15.4. The number of carbonyl (C=O) groups excluding carboxylic acids is 1. The zero-order valence-corrected chi connectivity index (χ0v) is 28.1. The quantitative estimate of drug-likeness (QED) is 0.142. The van der Waals surface area contributed by atoms with E-state index < -0.39 is 6.04 Å². The van der Waals surface area contributed by atoms with Crippen LogP contribution < -0.4 is 25.7 Å². The highest BCUT2D eigenvalue weighted by Gasteiger charge is 2.25. The number of aromatic nitrogens is 3. The summed E-state index contributed by atoms with van der Waals surface area (Å²) < 4.78 is 12.6. The summed E-state index contributed by atoms with van der Waals surface area (Å²) in [6.07, 6.45) is 8.31. The van der Waals surface area contributed by atoms with Crippen LogP contribution in [0, 0.1) is 0 Å². The summed E-state index contributed by atoms with van der Waals surface area (Å²) >= 11 is 13.6. The van der Waals surface area contributed by atoms with Crippen molar-refractivity contribution in [1.82, 2.24) is 19.4 Å². The summed E-state index contributed by atoms with van der Waals surface area (Å²) in [6.45, 7) is 2.55. The van der Waals surface area contributed by atoms with Crippen LogP contribution in [0.3, 0.4) is 0 Å². The van der Waals surface area contributed by atoms with Crippen molar-refractivity contribution in [3.8, 4) is 22.6 Å². The monoisotopic (exact) mass is 672 g/mol. The molecule has 12 heteroatoms. The van der Waals surface area contributed by atoms with Gasteiger partial charge < -0.3 is 29.6 Å². The Morgan fingerprint density at radius 2 is 1.70 bits per heavy atom. The summed E-state index contributed by atoms with van der Waals surface area (Å²) in [7, 11) is 6.80. The van der Waals surface area contributed by atoms with Crippen LogP contribution in [0.4, 0.5) is 17.2 Å². The van der Waals surface area contributed by atoms with Gasteiger partial charge in [-0.25, -0.2) is 4.98 Å². The van der Waals surface area contributed by atoms with Crippen molar-refractivity contribution in [1.29, 1.82) is 0 Å². The molecule has 5 rings (SSSR count). The van der Waals surface area contributed by atoms with Crippen molar-refractivity contribution in [2.24, 2.45) is 0 Å². The first kappa shape index (κ1) is 33.5. The maximum absolute atomic E-state index is 14.6. The maximum Gasteiger partial charge on any atom is 0.259 e. The Kier molecular flexibility index (Phi) is 10.5. The molecule has 1 unspecified atom stereocenters. The molecule has 0 bridgehead atoms. The summed E-state index contributed by atoms with van der Waals surface area (Å²) in [5, 5.41) is 7.19. The first-order valence-electron chi connectivity index (χ1n) is 14.7. The fourth-order valence-electron chi connectivity index (χ4n) is 5.15. The number of carbonyl (C=O) groups is 1. The highest BCUT2D eigenvalue weighted by molar-refractivity contribution is 6.41. The number of nitrogens with one attached hydrogen (secondary N) is 2. The van der Waals surface area contributed by atoms with Crippen LogP contribution in [0.5, 0.6) is 11.5 Å². The number of benzene rings is 2. The molecule has 3 heterocycles. The second-order valence-electron chi connectivity index (χ2n) is 11.0. The molecule has 1 atom stereocenters. The molecule has 0 spiro atoms. The van der Waals surface area contributed by atoms with E-state index in [1.54, 1.807) is 47.4 Å². The summed E-state index contributed by atoms with van der Waals surface area (Å²) in [5.41, 5.74) is 2.93. The minimum Gasteiger partial charge on any atom is -0.495 e. The van der Waals surface area contributed by atoms with E-state index in [0.717, 1.165) is 11.3 Å². The number of methoxy groups -OCH3 is 2. The lowest BCUT2D eigenvalue weighted by Gasteiger charge is -2.22. The molecule has 0 saturated carbocycles.